The van der Waals surface area contributed by atoms with Gasteiger partial charge in [-0.15, -0.1) is 0 Å². The van der Waals surface area contributed by atoms with E-state index in [9.17, 15) is 13.2 Å². The van der Waals surface area contributed by atoms with Gasteiger partial charge in [-0.3, -0.25) is 8.98 Å². The highest BCUT2D eigenvalue weighted by atomic mass is 32.2. The fourth-order valence-corrected chi connectivity index (χ4v) is 2.39. The summed E-state index contributed by atoms with van der Waals surface area (Å²) in [6.45, 7) is 1.34. The predicted molar refractivity (Wildman–Crippen MR) is 66.2 cm³/mol. The van der Waals surface area contributed by atoms with Crippen LogP contribution in [0.15, 0.2) is 30.3 Å². The van der Waals surface area contributed by atoms with Gasteiger partial charge in [0.1, 0.15) is 5.75 Å². The Hall–Kier alpha value is -1.40. The van der Waals surface area contributed by atoms with Crippen molar-refractivity contribution in [1.29, 1.82) is 0 Å². The van der Waals surface area contributed by atoms with Gasteiger partial charge >= 0.3 is 5.97 Å². The summed E-state index contributed by atoms with van der Waals surface area (Å²) in [5.41, 5.74) is 0.642. The molecule has 0 N–H and O–H groups in total. The maximum Gasteiger partial charge on any atom is 0.310 e. The number of esters is 1. The number of ether oxygens (including phenoxy) is 1. The summed E-state index contributed by atoms with van der Waals surface area (Å²) in [5.74, 6) is -1.31. The van der Waals surface area contributed by atoms with Crippen LogP contribution in [-0.2, 0) is 29.6 Å². The summed E-state index contributed by atoms with van der Waals surface area (Å²) >= 11 is 0. The average molecular weight is 272 g/mol. The average Bonchev–Trinajstić information content (AvgIpc) is 2.35. The summed E-state index contributed by atoms with van der Waals surface area (Å²) < 4.78 is 32.6. The summed E-state index contributed by atoms with van der Waals surface area (Å²) in [5, 5.41) is 0. The van der Waals surface area contributed by atoms with Crippen LogP contribution in [0.25, 0.3) is 0 Å². The molecule has 18 heavy (non-hydrogen) atoms. The van der Waals surface area contributed by atoms with Crippen molar-refractivity contribution in [3.63, 3.8) is 0 Å². The molecule has 1 unspecified atom stereocenters. The van der Waals surface area contributed by atoms with E-state index in [0.29, 0.717) is 5.56 Å². The topological polar surface area (TPSA) is 69.7 Å². The monoisotopic (exact) mass is 272 g/mol. The van der Waals surface area contributed by atoms with E-state index in [1.54, 1.807) is 37.3 Å². The first-order valence-electron chi connectivity index (χ1n) is 5.43. The zero-order valence-corrected chi connectivity index (χ0v) is 11.1. The molecule has 100 valence electrons. The second kappa shape index (κ2) is 6.51. The normalized spacial score (nSPS) is 13.0. The SMILES string of the molecule is COC(=O)C(C)COS(=O)(=O)Cc1ccccc1. The Bertz CT molecular complexity index is 480. The molecule has 1 rings (SSSR count). The first kappa shape index (κ1) is 14.7. The lowest BCUT2D eigenvalue weighted by Gasteiger charge is -2.10. The largest absolute Gasteiger partial charge is 0.469 e. The Morgan fingerprint density at radius 1 is 1.28 bits per heavy atom. The Morgan fingerprint density at radius 3 is 2.44 bits per heavy atom. The van der Waals surface area contributed by atoms with E-state index in [4.69, 9.17) is 4.18 Å². The van der Waals surface area contributed by atoms with Gasteiger partial charge in [-0.1, -0.05) is 30.3 Å². The number of methoxy groups -OCH3 is 1. The minimum Gasteiger partial charge on any atom is -0.469 e. The second-order valence-corrected chi connectivity index (χ2v) is 5.54. The quantitative estimate of drug-likeness (QED) is 0.577. The molecule has 0 heterocycles. The molecule has 6 heteroatoms. The van der Waals surface area contributed by atoms with E-state index in [0.717, 1.165) is 0 Å². The zero-order valence-electron chi connectivity index (χ0n) is 10.3. The number of rotatable bonds is 6. The summed E-state index contributed by atoms with van der Waals surface area (Å²) in [6.07, 6.45) is 0. The molecule has 1 aromatic carbocycles. The van der Waals surface area contributed by atoms with Crippen molar-refractivity contribution in [2.75, 3.05) is 13.7 Å². The van der Waals surface area contributed by atoms with Gasteiger partial charge in [0.25, 0.3) is 10.1 Å². The van der Waals surface area contributed by atoms with Gasteiger partial charge in [0.15, 0.2) is 0 Å². The van der Waals surface area contributed by atoms with Crippen LogP contribution >= 0.6 is 0 Å². The van der Waals surface area contributed by atoms with Crippen LogP contribution in [0.4, 0.5) is 0 Å². The van der Waals surface area contributed by atoms with Gasteiger partial charge in [0.2, 0.25) is 0 Å². The molecule has 0 fully saturated rings. The number of hydrogen-bond acceptors (Lipinski definition) is 5. The molecular formula is C12H16O5S. The number of hydrogen-bond donors (Lipinski definition) is 0. The van der Waals surface area contributed by atoms with Crippen molar-refractivity contribution in [3.05, 3.63) is 35.9 Å². The van der Waals surface area contributed by atoms with Gasteiger partial charge in [-0.05, 0) is 12.5 Å². The highest BCUT2D eigenvalue weighted by Crippen LogP contribution is 2.09. The lowest BCUT2D eigenvalue weighted by Crippen LogP contribution is -2.21. The van der Waals surface area contributed by atoms with Crippen LogP contribution < -0.4 is 0 Å². The van der Waals surface area contributed by atoms with E-state index >= 15 is 0 Å². The lowest BCUT2D eigenvalue weighted by molar-refractivity contribution is -0.145. The molecule has 5 nitrogen and oxygen atoms in total. The highest BCUT2D eigenvalue weighted by Gasteiger charge is 2.19. The fraction of sp³-hybridized carbons (Fsp3) is 0.417. The smallest absolute Gasteiger partial charge is 0.310 e. The van der Waals surface area contributed by atoms with E-state index in [1.165, 1.54) is 7.11 Å². The maximum atomic E-state index is 11.6. The van der Waals surface area contributed by atoms with E-state index < -0.39 is 22.0 Å². The predicted octanol–water partition coefficient (Wildman–Crippen LogP) is 1.34. The number of carbonyl (C=O) groups excluding carboxylic acids is 1. The van der Waals surface area contributed by atoms with Crippen molar-refractivity contribution in [3.8, 4) is 0 Å². The molecule has 0 aliphatic rings. The summed E-state index contributed by atoms with van der Waals surface area (Å²) in [4.78, 5) is 11.1. The van der Waals surface area contributed by atoms with Crippen molar-refractivity contribution in [2.24, 2.45) is 5.92 Å². The van der Waals surface area contributed by atoms with Gasteiger partial charge in [0.05, 0.1) is 19.6 Å². The molecule has 0 aromatic heterocycles. The van der Waals surface area contributed by atoms with Gasteiger partial charge < -0.3 is 4.74 Å². The third kappa shape index (κ3) is 4.85. The molecule has 0 spiro atoms. The molecular weight excluding hydrogens is 256 g/mol. The van der Waals surface area contributed by atoms with E-state index in [-0.39, 0.29) is 12.4 Å². The van der Waals surface area contributed by atoms with Crippen molar-refractivity contribution >= 4 is 16.1 Å². The molecule has 0 saturated heterocycles. The molecule has 0 aliphatic carbocycles. The van der Waals surface area contributed by atoms with Crippen LogP contribution in [0.1, 0.15) is 12.5 Å². The van der Waals surface area contributed by atoms with Crippen molar-refractivity contribution < 1.29 is 22.1 Å². The first-order chi connectivity index (χ1) is 8.44. The summed E-state index contributed by atoms with van der Waals surface area (Å²) in [6, 6.07) is 8.70. The Balaban J connectivity index is 2.53. The van der Waals surface area contributed by atoms with Gasteiger partial charge in [-0.2, -0.15) is 8.42 Å². The van der Waals surface area contributed by atoms with Crippen LogP contribution in [0.5, 0.6) is 0 Å². The van der Waals surface area contributed by atoms with Crippen molar-refractivity contribution in [2.45, 2.75) is 12.7 Å². The third-order valence-corrected chi connectivity index (χ3v) is 3.47. The molecule has 0 bridgehead atoms. The van der Waals surface area contributed by atoms with Crippen LogP contribution in [-0.4, -0.2) is 28.1 Å². The lowest BCUT2D eigenvalue weighted by atomic mass is 10.2. The van der Waals surface area contributed by atoms with Crippen LogP contribution in [0, 0.1) is 5.92 Å². The second-order valence-electron chi connectivity index (χ2n) is 3.90. The standard InChI is InChI=1S/C12H16O5S/c1-10(12(13)16-2)8-17-18(14,15)9-11-6-4-3-5-7-11/h3-7,10H,8-9H2,1-2H3. The summed E-state index contributed by atoms with van der Waals surface area (Å²) in [7, 11) is -2.43. The van der Waals surface area contributed by atoms with E-state index in [1.807, 2.05) is 0 Å². The van der Waals surface area contributed by atoms with Crippen LogP contribution in [0.3, 0.4) is 0 Å². The Morgan fingerprint density at radius 2 is 1.89 bits per heavy atom. The Labute approximate surface area is 107 Å². The minimum atomic E-state index is -3.68. The molecule has 1 atom stereocenters. The zero-order chi connectivity index (χ0) is 13.6. The highest BCUT2D eigenvalue weighted by molar-refractivity contribution is 7.85. The Kier molecular flexibility index (Phi) is 5.30. The number of carbonyl (C=O) groups is 1. The molecule has 0 amide bonds. The maximum absolute atomic E-state index is 11.6. The van der Waals surface area contributed by atoms with E-state index in [2.05, 4.69) is 4.74 Å². The molecule has 0 aliphatic heterocycles. The van der Waals surface area contributed by atoms with Gasteiger partial charge in [-0.25, -0.2) is 0 Å². The first-order valence-corrected chi connectivity index (χ1v) is 7.01. The third-order valence-electron chi connectivity index (χ3n) is 2.29. The molecule has 1 aromatic rings. The van der Waals surface area contributed by atoms with Crippen molar-refractivity contribution in [1.82, 2.24) is 0 Å². The number of benzene rings is 1. The minimum absolute atomic E-state index is 0.207. The fourth-order valence-electron chi connectivity index (χ4n) is 1.29. The van der Waals surface area contributed by atoms with Crippen LogP contribution in [0.2, 0.25) is 0 Å². The van der Waals surface area contributed by atoms with Gasteiger partial charge in [0, 0.05) is 0 Å². The molecule has 0 radical (unpaired) electrons. The molecule has 0 saturated carbocycles.